The highest BCUT2D eigenvalue weighted by Crippen LogP contribution is 2.18. The van der Waals surface area contributed by atoms with Crippen molar-refractivity contribution in [1.82, 2.24) is 16.0 Å². The zero-order valence-corrected chi connectivity index (χ0v) is 43.6. The molecule has 0 aliphatic rings. The molecule has 0 aromatic rings. The zero-order valence-electron chi connectivity index (χ0n) is 42.8. The molecule has 0 bridgehead atoms. The predicted octanol–water partition coefficient (Wildman–Crippen LogP) is 3.16. The Kier molecular flexibility index (Phi) is 45.5. The van der Waals surface area contributed by atoms with Gasteiger partial charge >= 0.3 is 11.9 Å². The lowest BCUT2D eigenvalue weighted by atomic mass is 9.92. The maximum atomic E-state index is 12.5. The van der Waals surface area contributed by atoms with Crippen LogP contribution in [0.5, 0.6) is 0 Å². The van der Waals surface area contributed by atoms with Crippen molar-refractivity contribution < 1.29 is 82.2 Å². The number of Topliss-reactive ketones (excluding diaryl/α,β-unsaturated/α-hetero) is 5. The van der Waals surface area contributed by atoms with E-state index >= 15 is 0 Å². The second-order valence-corrected chi connectivity index (χ2v) is 18.2. The summed E-state index contributed by atoms with van der Waals surface area (Å²) in [6.45, 7) is 7.64. The summed E-state index contributed by atoms with van der Waals surface area (Å²) in [4.78, 5) is 117. The van der Waals surface area contributed by atoms with E-state index in [9.17, 15) is 58.2 Å². The van der Waals surface area contributed by atoms with Crippen LogP contribution in [-0.4, -0.2) is 170 Å². The van der Waals surface area contributed by atoms with Crippen molar-refractivity contribution in [3.05, 3.63) is 0 Å². The third kappa shape index (κ3) is 45.4. The Morgan fingerprint density at radius 2 is 1.13 bits per heavy atom. The van der Waals surface area contributed by atoms with Crippen LogP contribution in [0.2, 0.25) is 0 Å². The molecule has 21 nitrogen and oxygen atoms in total. The maximum Gasteiger partial charge on any atom is 0.326 e. The third-order valence-corrected chi connectivity index (χ3v) is 11.9. The van der Waals surface area contributed by atoms with Crippen molar-refractivity contribution in [3.8, 4) is 0 Å². The van der Waals surface area contributed by atoms with E-state index in [2.05, 4.69) is 16.0 Å². The Bertz CT molecular complexity index is 1550. The number of rotatable bonds is 48. The summed E-state index contributed by atoms with van der Waals surface area (Å²) >= 11 is 1.33. The normalized spacial score (nSPS) is 12.6. The number of carboxylic acid groups (broad SMARTS) is 2. The van der Waals surface area contributed by atoms with Gasteiger partial charge in [-0.25, -0.2) is 4.79 Å². The first-order valence-electron chi connectivity index (χ1n) is 24.9. The molecule has 0 saturated heterocycles. The van der Waals surface area contributed by atoms with Gasteiger partial charge in [0.05, 0.1) is 51.4 Å². The minimum Gasteiger partial charge on any atom is -0.481 e. The second kappa shape index (κ2) is 46.9. The Balaban J connectivity index is 0. The highest BCUT2D eigenvalue weighted by Gasteiger charge is 2.24. The number of amides is 3. The molecule has 0 aromatic heterocycles. The highest BCUT2D eigenvalue weighted by atomic mass is 32.2. The molecule has 410 valence electrons. The topological polar surface area (TPSA) is 330 Å². The zero-order chi connectivity index (χ0) is 53.7. The van der Waals surface area contributed by atoms with E-state index in [0.717, 1.165) is 38.5 Å². The Hall–Kier alpha value is -4.19. The number of ketones is 5. The standard InChI is InChI=1S/C45H77N3O16S.C4H9NO/c1-3-35(40(53)28-36(29-49)34(2)50)32-65-33-43(56)46-20-12-14-38(52)30-63-26-25-62-23-21-47-42(55)31-64-27-24-61-22-13-15-37(51)18-19-39(45(59)60)48-41(54)16-10-8-6-4-5-7-9-11-17-44(57)58;1-3(5)4(2)6/h35-36,39,49H,3-33H2,1-2H3,(H,46,56)(H,47,55)(H,48,54)(H,57,58)(H,59,60);3H,5H2,1-2H3/t35-,36-,39-;3-/m00/s1. The number of carboxylic acids is 2. The SMILES string of the molecule is CC(=O)[C@H](C)N.CC[C@@H](CSCC(=O)NCCCC(=O)COCCOCCNC(=O)COCCOCCCC(=O)CC[C@H](NC(=O)CCCCCCCCCCC(=O)O)C(=O)O)C(=O)C[C@@H](CO)C(C)=O. The summed E-state index contributed by atoms with van der Waals surface area (Å²) in [5, 5.41) is 35.3. The molecule has 0 spiro atoms. The number of thioether (sulfide) groups is 1. The molecule has 8 N–H and O–H groups in total. The van der Waals surface area contributed by atoms with Crippen LogP contribution in [0.15, 0.2) is 0 Å². The Labute approximate surface area is 424 Å². The summed E-state index contributed by atoms with van der Waals surface area (Å²) < 4.78 is 21.5. The van der Waals surface area contributed by atoms with Gasteiger partial charge in [-0.3, -0.25) is 43.2 Å². The van der Waals surface area contributed by atoms with Gasteiger partial charge < -0.3 is 56.0 Å². The van der Waals surface area contributed by atoms with Crippen molar-refractivity contribution in [2.45, 2.75) is 155 Å². The van der Waals surface area contributed by atoms with Gasteiger partial charge in [-0.1, -0.05) is 45.4 Å². The first-order chi connectivity index (χ1) is 33.8. The van der Waals surface area contributed by atoms with Crippen LogP contribution in [0.3, 0.4) is 0 Å². The van der Waals surface area contributed by atoms with Crippen LogP contribution in [0.4, 0.5) is 0 Å². The minimum atomic E-state index is -1.19. The smallest absolute Gasteiger partial charge is 0.326 e. The van der Waals surface area contributed by atoms with Gasteiger partial charge in [0, 0.05) is 75.8 Å². The number of hydrogen-bond acceptors (Lipinski definition) is 17. The number of aliphatic hydroxyl groups is 1. The quantitative estimate of drug-likeness (QED) is 0.0430. The first kappa shape index (κ1) is 68.9. The van der Waals surface area contributed by atoms with E-state index in [1.165, 1.54) is 25.6 Å². The molecule has 0 saturated carbocycles. The molecule has 0 fully saturated rings. The van der Waals surface area contributed by atoms with Gasteiger partial charge in [-0.05, 0) is 59.3 Å². The summed E-state index contributed by atoms with van der Waals surface area (Å²) in [6, 6.07) is -1.42. The molecule has 4 atom stereocenters. The van der Waals surface area contributed by atoms with Crippen LogP contribution in [0.25, 0.3) is 0 Å². The van der Waals surface area contributed by atoms with Crippen molar-refractivity contribution >= 4 is 70.3 Å². The molecule has 0 heterocycles. The van der Waals surface area contributed by atoms with Gasteiger partial charge in [-0.2, -0.15) is 11.8 Å². The Morgan fingerprint density at radius 3 is 1.69 bits per heavy atom. The number of carbonyl (C=O) groups is 10. The van der Waals surface area contributed by atoms with Crippen molar-refractivity contribution in [3.63, 3.8) is 0 Å². The molecule has 0 unspecified atom stereocenters. The van der Waals surface area contributed by atoms with Crippen molar-refractivity contribution in [2.75, 3.05) is 84.1 Å². The number of nitrogens with two attached hydrogens (primary N) is 1. The highest BCUT2D eigenvalue weighted by molar-refractivity contribution is 7.99. The fourth-order valence-corrected chi connectivity index (χ4v) is 7.28. The maximum absolute atomic E-state index is 12.5. The van der Waals surface area contributed by atoms with E-state index in [0.29, 0.717) is 44.4 Å². The molecule has 0 radical (unpaired) electrons. The lowest BCUT2D eigenvalue weighted by molar-refractivity contribution is -0.142. The molecule has 71 heavy (non-hydrogen) atoms. The van der Waals surface area contributed by atoms with Gasteiger partial charge in [0.2, 0.25) is 17.7 Å². The van der Waals surface area contributed by atoms with Crippen LogP contribution in [0.1, 0.15) is 143 Å². The molecule has 3 amide bonds. The average Bonchev–Trinajstić information content (AvgIpc) is 3.31. The van der Waals surface area contributed by atoms with Crippen LogP contribution >= 0.6 is 11.8 Å². The number of ether oxygens (including phenoxy) is 4. The fourth-order valence-electron chi connectivity index (χ4n) is 6.17. The molecular formula is C49H86N4O17S. The average molecular weight is 1040 g/mol. The molecule has 0 aliphatic carbocycles. The summed E-state index contributed by atoms with van der Waals surface area (Å²) in [7, 11) is 0. The van der Waals surface area contributed by atoms with Crippen LogP contribution < -0.4 is 21.7 Å². The van der Waals surface area contributed by atoms with Crippen LogP contribution in [0, 0.1) is 11.8 Å². The fraction of sp³-hybridized carbons (Fsp3) is 0.796. The third-order valence-electron chi connectivity index (χ3n) is 10.8. The predicted molar refractivity (Wildman–Crippen MR) is 267 cm³/mol. The molecule has 22 heteroatoms. The van der Waals surface area contributed by atoms with Crippen molar-refractivity contribution in [1.29, 1.82) is 0 Å². The lowest BCUT2D eigenvalue weighted by Crippen LogP contribution is -2.41. The summed E-state index contributed by atoms with van der Waals surface area (Å²) in [5.41, 5.74) is 5.09. The second-order valence-electron chi connectivity index (χ2n) is 17.2. The number of nitrogens with one attached hydrogen (secondary N) is 3. The number of hydrogen-bond donors (Lipinski definition) is 7. The van der Waals surface area contributed by atoms with E-state index in [-0.39, 0.29) is 175 Å². The monoisotopic (exact) mass is 1030 g/mol. The van der Waals surface area contributed by atoms with E-state index in [1.807, 2.05) is 6.92 Å². The van der Waals surface area contributed by atoms with Gasteiger partial charge in [0.25, 0.3) is 0 Å². The van der Waals surface area contributed by atoms with E-state index in [4.69, 9.17) is 29.8 Å². The first-order valence-corrected chi connectivity index (χ1v) is 26.1. The Morgan fingerprint density at radius 1 is 0.577 bits per heavy atom. The number of aliphatic carboxylic acids is 2. The lowest BCUT2D eigenvalue weighted by Gasteiger charge is -2.16. The van der Waals surface area contributed by atoms with Crippen LogP contribution in [-0.2, 0) is 66.9 Å². The van der Waals surface area contributed by atoms with Gasteiger partial charge in [0.1, 0.15) is 42.4 Å². The molecular weight excluding hydrogens is 949 g/mol. The number of unbranched alkanes of at least 4 members (excludes halogenated alkanes) is 7. The van der Waals surface area contributed by atoms with E-state index in [1.54, 1.807) is 6.92 Å². The largest absolute Gasteiger partial charge is 0.481 e. The summed E-state index contributed by atoms with van der Waals surface area (Å²) in [5.74, 6) is -3.75. The molecule has 0 aromatic carbocycles. The molecule has 0 rings (SSSR count). The van der Waals surface area contributed by atoms with Crippen molar-refractivity contribution in [2.24, 2.45) is 17.6 Å². The number of aliphatic hydroxyl groups excluding tert-OH is 1. The minimum absolute atomic E-state index is 0.00138. The summed E-state index contributed by atoms with van der Waals surface area (Å²) in [6.07, 6.45) is 9.36. The number of carbonyl (C=O) groups excluding carboxylic acids is 8. The van der Waals surface area contributed by atoms with E-state index < -0.39 is 23.9 Å². The van der Waals surface area contributed by atoms with Gasteiger partial charge in [0.15, 0.2) is 5.78 Å². The molecule has 0 aliphatic heterocycles. The van der Waals surface area contributed by atoms with Gasteiger partial charge in [-0.15, -0.1) is 0 Å².